The summed E-state index contributed by atoms with van der Waals surface area (Å²) in [6.07, 6.45) is 1.36. The number of ketones is 1. The van der Waals surface area contributed by atoms with Crippen molar-refractivity contribution in [2.24, 2.45) is 5.92 Å². The van der Waals surface area contributed by atoms with Gasteiger partial charge in [0.1, 0.15) is 24.0 Å². The minimum Gasteiger partial charge on any atom is -0.497 e. The maximum absolute atomic E-state index is 12.4. The van der Waals surface area contributed by atoms with Gasteiger partial charge in [0.25, 0.3) is 5.91 Å². The molecule has 3 rings (SSSR count). The molecule has 1 aliphatic heterocycles. The summed E-state index contributed by atoms with van der Waals surface area (Å²) in [5.74, 6) is -1.43. The van der Waals surface area contributed by atoms with Crippen molar-refractivity contribution in [3.63, 3.8) is 0 Å². The predicted molar refractivity (Wildman–Crippen MR) is 121 cm³/mol. The molecule has 2 aromatic carbocycles. The summed E-state index contributed by atoms with van der Waals surface area (Å²) < 4.78 is 10.7. The Balaban J connectivity index is 1.41. The average Bonchev–Trinajstić information content (AvgIpc) is 3.08. The molecule has 1 heterocycles. The van der Waals surface area contributed by atoms with Crippen molar-refractivity contribution in [2.75, 3.05) is 33.4 Å². The molecule has 0 saturated carbocycles. The minimum atomic E-state index is -0.992. The van der Waals surface area contributed by atoms with E-state index in [1.807, 2.05) is 6.07 Å². The summed E-state index contributed by atoms with van der Waals surface area (Å²) in [7, 11) is 1.58. The number of carbonyl (C=O) groups excluding carboxylic acids is 3. The number of ether oxygens (including phenoxy) is 2. The van der Waals surface area contributed by atoms with Crippen molar-refractivity contribution in [1.29, 1.82) is 0 Å². The monoisotopic (exact) mass is 478 g/mol. The molecule has 1 saturated heterocycles. The smallest absolute Gasteiger partial charge is 0.291 e. The SMILES string of the molecule is COc1ccc(OCCN2CC(C(=O)NCCCc3ccc(Cl)c(Cl)c3)C(=O)C2=O)cc1. The van der Waals surface area contributed by atoms with Gasteiger partial charge in [-0.3, -0.25) is 14.4 Å². The summed E-state index contributed by atoms with van der Waals surface area (Å²) in [6, 6.07) is 12.4. The van der Waals surface area contributed by atoms with Crippen LogP contribution in [0.2, 0.25) is 10.0 Å². The van der Waals surface area contributed by atoms with Crippen LogP contribution in [0.3, 0.4) is 0 Å². The van der Waals surface area contributed by atoms with Gasteiger partial charge in [-0.1, -0.05) is 29.3 Å². The maximum Gasteiger partial charge on any atom is 0.291 e. The van der Waals surface area contributed by atoms with Crippen LogP contribution in [-0.4, -0.2) is 55.8 Å². The van der Waals surface area contributed by atoms with Crippen LogP contribution in [0.25, 0.3) is 0 Å². The highest BCUT2D eigenvalue weighted by atomic mass is 35.5. The van der Waals surface area contributed by atoms with Crippen LogP contribution in [0.1, 0.15) is 12.0 Å². The summed E-state index contributed by atoms with van der Waals surface area (Å²) in [4.78, 5) is 38.2. The number of likely N-dealkylation sites (tertiary alicyclic amines) is 1. The number of nitrogens with zero attached hydrogens (tertiary/aromatic N) is 1. The number of aryl methyl sites for hydroxylation is 1. The van der Waals surface area contributed by atoms with Crippen molar-refractivity contribution in [3.05, 3.63) is 58.1 Å². The van der Waals surface area contributed by atoms with E-state index in [-0.39, 0.29) is 19.7 Å². The van der Waals surface area contributed by atoms with Crippen molar-refractivity contribution < 1.29 is 23.9 Å². The Morgan fingerprint density at radius 1 is 1.09 bits per heavy atom. The number of rotatable bonds is 10. The molecule has 1 unspecified atom stereocenters. The van der Waals surface area contributed by atoms with E-state index in [1.165, 1.54) is 4.90 Å². The standard InChI is InChI=1S/C23H24Cl2N2O5/c1-31-16-5-7-17(8-6-16)32-12-11-27-14-18(21(28)23(27)30)22(29)26-10-2-3-15-4-9-19(24)20(25)13-15/h4-9,13,18H,2-3,10-12,14H2,1H3,(H,26,29). The van der Waals surface area contributed by atoms with Gasteiger partial charge in [-0.15, -0.1) is 0 Å². The normalized spacial score (nSPS) is 15.7. The fourth-order valence-corrected chi connectivity index (χ4v) is 3.67. The number of hydrogen-bond donors (Lipinski definition) is 1. The molecule has 0 bridgehead atoms. The Morgan fingerprint density at radius 2 is 1.81 bits per heavy atom. The fourth-order valence-electron chi connectivity index (χ4n) is 3.35. The average molecular weight is 479 g/mol. The van der Waals surface area contributed by atoms with E-state index in [9.17, 15) is 14.4 Å². The zero-order valence-electron chi connectivity index (χ0n) is 17.6. The molecule has 1 N–H and O–H groups in total. The Hall–Kier alpha value is -2.77. The molecule has 1 aliphatic rings. The molecule has 7 nitrogen and oxygen atoms in total. The number of halogens is 2. The van der Waals surface area contributed by atoms with E-state index in [4.69, 9.17) is 32.7 Å². The minimum absolute atomic E-state index is 0.0578. The highest BCUT2D eigenvalue weighted by molar-refractivity contribution is 6.42. The summed E-state index contributed by atoms with van der Waals surface area (Å²) >= 11 is 11.9. The first-order valence-electron chi connectivity index (χ1n) is 10.2. The largest absolute Gasteiger partial charge is 0.497 e. The molecular formula is C23H24Cl2N2O5. The topological polar surface area (TPSA) is 84.9 Å². The van der Waals surface area contributed by atoms with Gasteiger partial charge in [0.05, 0.1) is 23.7 Å². The molecular weight excluding hydrogens is 455 g/mol. The lowest BCUT2D eigenvalue weighted by atomic mass is 10.1. The molecule has 0 radical (unpaired) electrons. The maximum atomic E-state index is 12.4. The number of methoxy groups -OCH3 is 1. The van der Waals surface area contributed by atoms with Crippen LogP contribution in [0.15, 0.2) is 42.5 Å². The third-order valence-electron chi connectivity index (χ3n) is 5.15. The number of amides is 2. The highest BCUT2D eigenvalue weighted by Gasteiger charge is 2.42. The van der Waals surface area contributed by atoms with E-state index < -0.39 is 23.5 Å². The second-order valence-corrected chi connectivity index (χ2v) is 8.15. The van der Waals surface area contributed by atoms with Crippen molar-refractivity contribution in [3.8, 4) is 11.5 Å². The zero-order valence-corrected chi connectivity index (χ0v) is 19.1. The quantitative estimate of drug-likeness (QED) is 0.322. The number of hydrogen-bond acceptors (Lipinski definition) is 5. The molecule has 0 aliphatic carbocycles. The molecule has 1 atom stereocenters. The van der Waals surface area contributed by atoms with E-state index in [1.54, 1.807) is 43.5 Å². The number of benzene rings is 2. The van der Waals surface area contributed by atoms with Gasteiger partial charge in [0, 0.05) is 13.1 Å². The van der Waals surface area contributed by atoms with Crippen LogP contribution in [0, 0.1) is 5.92 Å². The highest BCUT2D eigenvalue weighted by Crippen LogP contribution is 2.23. The van der Waals surface area contributed by atoms with Gasteiger partial charge < -0.3 is 19.7 Å². The first kappa shape index (κ1) is 23.9. The summed E-state index contributed by atoms with van der Waals surface area (Å²) in [6.45, 7) is 0.876. The fraction of sp³-hybridized carbons (Fsp3) is 0.348. The Bertz CT molecular complexity index is 981. The Labute approximate surface area is 196 Å². The van der Waals surface area contributed by atoms with Crippen LogP contribution < -0.4 is 14.8 Å². The lowest BCUT2D eigenvalue weighted by molar-refractivity contribution is -0.142. The zero-order chi connectivity index (χ0) is 23.1. The van der Waals surface area contributed by atoms with Crippen LogP contribution >= 0.6 is 23.2 Å². The van der Waals surface area contributed by atoms with Gasteiger partial charge in [-0.05, 0) is 54.8 Å². The molecule has 32 heavy (non-hydrogen) atoms. The van der Waals surface area contributed by atoms with Gasteiger partial charge in [-0.25, -0.2) is 0 Å². The van der Waals surface area contributed by atoms with E-state index in [2.05, 4.69) is 5.32 Å². The van der Waals surface area contributed by atoms with Crippen LogP contribution in [-0.2, 0) is 20.8 Å². The van der Waals surface area contributed by atoms with E-state index in [0.717, 1.165) is 5.56 Å². The predicted octanol–water partition coefficient (Wildman–Crippen LogP) is 3.16. The van der Waals surface area contributed by atoms with Crippen molar-refractivity contribution in [1.82, 2.24) is 10.2 Å². The van der Waals surface area contributed by atoms with Crippen molar-refractivity contribution in [2.45, 2.75) is 12.8 Å². The first-order chi connectivity index (χ1) is 15.4. The van der Waals surface area contributed by atoms with Crippen molar-refractivity contribution >= 4 is 40.8 Å². The van der Waals surface area contributed by atoms with E-state index in [0.29, 0.717) is 40.9 Å². The third-order valence-corrected chi connectivity index (χ3v) is 5.89. The number of Topliss-reactive ketones (excluding diaryl/α,β-unsaturated/α-hetero) is 1. The van der Waals surface area contributed by atoms with Crippen LogP contribution in [0.4, 0.5) is 0 Å². The summed E-state index contributed by atoms with van der Waals surface area (Å²) in [5.41, 5.74) is 1.00. The Kier molecular flexibility index (Phi) is 8.36. The lowest BCUT2D eigenvalue weighted by Crippen LogP contribution is -2.36. The number of carbonyl (C=O) groups is 3. The molecule has 0 spiro atoms. The molecule has 170 valence electrons. The van der Waals surface area contributed by atoms with E-state index >= 15 is 0 Å². The van der Waals surface area contributed by atoms with Crippen LogP contribution in [0.5, 0.6) is 11.5 Å². The molecule has 1 fully saturated rings. The lowest BCUT2D eigenvalue weighted by Gasteiger charge is -2.16. The first-order valence-corrected chi connectivity index (χ1v) is 11.0. The number of nitrogens with one attached hydrogen (secondary N) is 1. The van der Waals surface area contributed by atoms with Gasteiger partial charge in [-0.2, -0.15) is 0 Å². The summed E-state index contributed by atoms with van der Waals surface area (Å²) in [5, 5.41) is 3.72. The van der Waals surface area contributed by atoms with Gasteiger partial charge in [0.15, 0.2) is 0 Å². The van der Waals surface area contributed by atoms with Gasteiger partial charge in [0.2, 0.25) is 11.7 Å². The second kappa shape index (κ2) is 11.2. The Morgan fingerprint density at radius 3 is 2.50 bits per heavy atom. The second-order valence-electron chi connectivity index (χ2n) is 7.34. The third kappa shape index (κ3) is 6.14. The molecule has 2 aromatic rings. The molecule has 0 aromatic heterocycles. The molecule has 2 amide bonds. The van der Waals surface area contributed by atoms with Gasteiger partial charge >= 0.3 is 0 Å². The molecule has 9 heteroatoms.